The minimum Gasteiger partial charge on any atom is -0.491 e. The van der Waals surface area contributed by atoms with Gasteiger partial charge in [0.1, 0.15) is 6.04 Å². The molecule has 0 radical (unpaired) electrons. The number of nitrogens with one attached hydrogen (secondary N) is 2. The smallest absolute Gasteiger partial charge is 0.326 e. The van der Waals surface area contributed by atoms with Crippen LogP contribution in [0.2, 0.25) is 0 Å². The number of halogens is 1. The molecular weight excluding hydrogens is 424 g/mol. The van der Waals surface area contributed by atoms with E-state index < -0.39 is 17.9 Å². The number of aliphatic carboxylic acids is 1. The first kappa shape index (κ1) is 19.7. The zero-order chi connectivity index (χ0) is 20.1. The normalized spacial score (nSPS) is 12.6. The number of fused-ring (bicyclic) bond motifs is 1. The number of hydrogen-bond donors (Lipinski definition) is 3. The predicted octanol–water partition coefficient (Wildman–Crippen LogP) is 3.73. The van der Waals surface area contributed by atoms with Crippen LogP contribution in [0.1, 0.15) is 11.1 Å². The molecule has 6 nitrogen and oxygen atoms in total. The van der Waals surface area contributed by atoms with E-state index in [1.165, 1.54) is 7.11 Å². The molecule has 1 aromatic heterocycles. The Morgan fingerprint density at radius 2 is 2.00 bits per heavy atom. The maximum absolute atomic E-state index is 12.5. The van der Waals surface area contributed by atoms with Gasteiger partial charge in [-0.3, -0.25) is 4.79 Å². The van der Waals surface area contributed by atoms with Gasteiger partial charge in [-0.15, -0.1) is 0 Å². The molecule has 2 aromatic carbocycles. The second kappa shape index (κ2) is 8.75. The molecule has 0 bridgehead atoms. The number of amides is 1. The van der Waals surface area contributed by atoms with Crippen LogP contribution in [0.15, 0.2) is 65.0 Å². The van der Waals surface area contributed by atoms with Crippen molar-refractivity contribution >= 4 is 44.8 Å². The second-order valence-electron chi connectivity index (χ2n) is 6.20. The Morgan fingerprint density at radius 1 is 1.25 bits per heavy atom. The predicted molar refractivity (Wildman–Crippen MR) is 111 cm³/mol. The summed E-state index contributed by atoms with van der Waals surface area (Å²) in [7, 11) is 1.38. The van der Waals surface area contributed by atoms with Crippen LogP contribution < -0.4 is 5.32 Å². The van der Waals surface area contributed by atoms with E-state index in [-0.39, 0.29) is 12.2 Å². The first-order chi connectivity index (χ1) is 13.5. The summed E-state index contributed by atoms with van der Waals surface area (Å²) in [6.45, 7) is 0. The molecule has 7 heteroatoms. The highest BCUT2D eigenvalue weighted by Crippen LogP contribution is 2.23. The molecule has 3 rings (SSSR count). The number of aromatic amines is 1. The fourth-order valence-electron chi connectivity index (χ4n) is 2.89. The van der Waals surface area contributed by atoms with Crippen LogP contribution in [0.5, 0.6) is 0 Å². The van der Waals surface area contributed by atoms with E-state index in [4.69, 9.17) is 4.74 Å². The summed E-state index contributed by atoms with van der Waals surface area (Å²) in [5.41, 5.74) is 2.48. The molecule has 1 heterocycles. The third-order valence-corrected chi connectivity index (χ3v) is 4.79. The number of ether oxygens (including phenoxy) is 1. The largest absolute Gasteiger partial charge is 0.491 e. The second-order valence-corrected chi connectivity index (χ2v) is 7.11. The van der Waals surface area contributed by atoms with Crippen LogP contribution in [0.3, 0.4) is 0 Å². The number of H-pyrrole nitrogens is 1. The zero-order valence-corrected chi connectivity index (χ0v) is 16.7. The Labute approximate surface area is 170 Å². The lowest BCUT2D eigenvalue weighted by molar-refractivity contribution is -0.141. The zero-order valence-electron chi connectivity index (χ0n) is 15.1. The van der Waals surface area contributed by atoms with Gasteiger partial charge >= 0.3 is 5.97 Å². The lowest BCUT2D eigenvalue weighted by Gasteiger charge is -2.15. The molecule has 144 valence electrons. The monoisotopic (exact) mass is 442 g/mol. The quantitative estimate of drug-likeness (QED) is 0.384. The van der Waals surface area contributed by atoms with E-state index >= 15 is 0 Å². The van der Waals surface area contributed by atoms with Crippen molar-refractivity contribution in [2.75, 3.05) is 7.11 Å². The van der Waals surface area contributed by atoms with E-state index in [9.17, 15) is 14.7 Å². The van der Waals surface area contributed by atoms with Gasteiger partial charge in [0.15, 0.2) is 5.76 Å². The van der Waals surface area contributed by atoms with Crippen LogP contribution in [-0.2, 0) is 20.7 Å². The van der Waals surface area contributed by atoms with Gasteiger partial charge < -0.3 is 20.1 Å². The minimum absolute atomic E-state index is 0.0420. The van der Waals surface area contributed by atoms with Crippen molar-refractivity contribution in [2.24, 2.45) is 0 Å². The van der Waals surface area contributed by atoms with Gasteiger partial charge in [-0.25, -0.2) is 4.79 Å². The molecule has 0 aliphatic rings. The number of aromatic nitrogens is 1. The molecule has 28 heavy (non-hydrogen) atoms. The summed E-state index contributed by atoms with van der Waals surface area (Å²) in [4.78, 5) is 27.4. The molecular formula is C21H19BrN2O4. The van der Waals surface area contributed by atoms with Crippen molar-refractivity contribution in [1.29, 1.82) is 0 Å². The summed E-state index contributed by atoms with van der Waals surface area (Å²) in [6, 6.07) is 13.8. The van der Waals surface area contributed by atoms with Crippen molar-refractivity contribution in [2.45, 2.75) is 12.5 Å². The topological polar surface area (TPSA) is 91.4 Å². The Kier molecular flexibility index (Phi) is 6.16. The number of methoxy groups -OCH3 is 1. The van der Waals surface area contributed by atoms with Crippen LogP contribution in [0, 0.1) is 0 Å². The van der Waals surface area contributed by atoms with Crippen molar-refractivity contribution in [1.82, 2.24) is 10.3 Å². The third kappa shape index (κ3) is 4.61. The number of carbonyl (C=O) groups excluding carboxylic acids is 1. The van der Waals surface area contributed by atoms with E-state index in [1.54, 1.807) is 12.3 Å². The summed E-state index contributed by atoms with van der Waals surface area (Å²) in [6.07, 6.45) is 3.47. The maximum Gasteiger partial charge on any atom is 0.326 e. The molecule has 0 aliphatic carbocycles. The Morgan fingerprint density at radius 3 is 2.68 bits per heavy atom. The molecule has 3 aromatic rings. The molecule has 0 spiro atoms. The van der Waals surface area contributed by atoms with E-state index in [1.807, 2.05) is 48.5 Å². The average molecular weight is 443 g/mol. The highest BCUT2D eigenvalue weighted by molar-refractivity contribution is 9.10. The number of rotatable bonds is 7. The van der Waals surface area contributed by atoms with Crippen molar-refractivity contribution in [3.63, 3.8) is 0 Å². The maximum atomic E-state index is 12.5. The SMILES string of the molecule is CO/C(=C\c1ccccc1)C(=O)N[C@@H](Cc1c[nH]c2cc(Br)ccc12)C(=O)O. The van der Waals surface area contributed by atoms with Crippen molar-refractivity contribution in [3.8, 4) is 0 Å². The van der Waals surface area contributed by atoms with E-state index in [0.29, 0.717) is 0 Å². The van der Waals surface area contributed by atoms with E-state index in [0.717, 1.165) is 26.5 Å². The highest BCUT2D eigenvalue weighted by atomic mass is 79.9. The first-order valence-electron chi connectivity index (χ1n) is 8.58. The number of carbonyl (C=O) groups is 2. The van der Waals surface area contributed by atoms with Gasteiger partial charge in [-0.05, 0) is 29.3 Å². The van der Waals surface area contributed by atoms with Gasteiger partial charge in [0.25, 0.3) is 5.91 Å². The highest BCUT2D eigenvalue weighted by Gasteiger charge is 2.24. The Bertz CT molecular complexity index is 1030. The molecule has 0 saturated heterocycles. The van der Waals surface area contributed by atoms with Crippen LogP contribution in [0.4, 0.5) is 0 Å². The average Bonchev–Trinajstić information content (AvgIpc) is 3.07. The summed E-state index contributed by atoms with van der Waals surface area (Å²) in [5.74, 6) is -1.66. The van der Waals surface area contributed by atoms with Crippen molar-refractivity contribution < 1.29 is 19.4 Å². The minimum atomic E-state index is -1.12. The summed E-state index contributed by atoms with van der Waals surface area (Å²) >= 11 is 3.41. The Hall–Kier alpha value is -3.06. The number of hydrogen-bond acceptors (Lipinski definition) is 3. The number of benzene rings is 2. The molecule has 0 aliphatic heterocycles. The molecule has 0 fully saturated rings. The van der Waals surface area contributed by atoms with Gasteiger partial charge in [0.2, 0.25) is 0 Å². The molecule has 3 N–H and O–H groups in total. The standard InChI is InChI=1S/C21H19BrN2O4/c1-28-19(9-13-5-3-2-4-6-13)20(25)24-18(21(26)27)10-14-12-23-17-11-15(22)7-8-16(14)17/h2-9,11-12,18,23H,10H2,1H3,(H,24,25)(H,26,27)/b19-9-/t18-/m0/s1. The van der Waals surface area contributed by atoms with Gasteiger partial charge in [-0.1, -0.05) is 52.3 Å². The fourth-order valence-corrected chi connectivity index (χ4v) is 3.26. The van der Waals surface area contributed by atoms with Gasteiger partial charge in [0.05, 0.1) is 7.11 Å². The van der Waals surface area contributed by atoms with Crippen LogP contribution in [-0.4, -0.2) is 35.1 Å². The first-order valence-corrected chi connectivity index (χ1v) is 9.37. The molecule has 1 atom stereocenters. The molecule has 1 amide bonds. The van der Waals surface area contributed by atoms with E-state index in [2.05, 4.69) is 26.2 Å². The van der Waals surface area contributed by atoms with Crippen LogP contribution >= 0.6 is 15.9 Å². The fraction of sp³-hybridized carbons (Fsp3) is 0.143. The molecule has 0 unspecified atom stereocenters. The van der Waals surface area contributed by atoms with Crippen molar-refractivity contribution in [3.05, 3.63) is 76.1 Å². The number of carboxylic acids is 1. The Balaban J connectivity index is 1.79. The lowest BCUT2D eigenvalue weighted by atomic mass is 10.0. The van der Waals surface area contributed by atoms with Crippen LogP contribution in [0.25, 0.3) is 17.0 Å². The summed E-state index contributed by atoms with van der Waals surface area (Å²) < 4.78 is 6.08. The van der Waals surface area contributed by atoms with Gasteiger partial charge in [-0.2, -0.15) is 0 Å². The third-order valence-electron chi connectivity index (χ3n) is 4.30. The molecule has 0 saturated carbocycles. The summed E-state index contributed by atoms with van der Waals surface area (Å²) in [5, 5.41) is 13.0. The number of carboxylic acid groups (broad SMARTS) is 1. The van der Waals surface area contributed by atoms with Gasteiger partial charge in [0, 0.05) is 28.0 Å². The lowest BCUT2D eigenvalue weighted by Crippen LogP contribution is -2.43.